The number of nitrogens with one attached hydrogen (secondary N) is 1. The molecule has 6 heteroatoms. The second-order valence-corrected chi connectivity index (χ2v) is 8.07. The second-order valence-electron chi connectivity index (χ2n) is 6.19. The van der Waals surface area contributed by atoms with Crippen molar-refractivity contribution in [1.29, 1.82) is 0 Å². The Labute approximate surface area is 177 Å². The number of allylic oxidation sites excluding steroid dienone is 1. The van der Waals surface area contributed by atoms with Crippen LogP contribution in [0.5, 0.6) is 5.75 Å². The number of nitrogens with zero attached hydrogens (tertiary/aromatic N) is 1. The number of amides is 1. The predicted octanol–water partition coefficient (Wildman–Crippen LogP) is 5.64. The van der Waals surface area contributed by atoms with E-state index in [1.807, 2.05) is 48.6 Å². The van der Waals surface area contributed by atoms with Crippen molar-refractivity contribution >= 4 is 50.5 Å². The van der Waals surface area contributed by atoms with Crippen LogP contribution in [-0.4, -0.2) is 18.2 Å². The first-order chi connectivity index (χ1) is 13.5. The van der Waals surface area contributed by atoms with Crippen molar-refractivity contribution in [1.82, 2.24) is 5.32 Å². The fraction of sp³-hybridized carbons (Fsp3) is 0.182. The molecular weight excluding hydrogens is 436 g/mol. The molecule has 28 heavy (non-hydrogen) atoms. The number of thioether (sulfide) groups is 1. The molecule has 1 N–H and O–H groups in total. The zero-order valence-electron chi connectivity index (χ0n) is 15.8. The number of rotatable bonds is 6. The maximum absolute atomic E-state index is 12.4. The molecule has 1 aliphatic heterocycles. The molecule has 2 aromatic carbocycles. The van der Waals surface area contributed by atoms with Gasteiger partial charge in [-0.05, 0) is 87.6 Å². The van der Waals surface area contributed by atoms with Crippen LogP contribution in [0.3, 0.4) is 0 Å². The average molecular weight is 457 g/mol. The highest BCUT2D eigenvalue weighted by molar-refractivity contribution is 9.10. The molecule has 0 saturated carbocycles. The molecule has 0 unspecified atom stereocenters. The monoisotopic (exact) mass is 456 g/mol. The third kappa shape index (κ3) is 4.75. The van der Waals surface area contributed by atoms with E-state index in [0.29, 0.717) is 16.5 Å². The normalized spacial score (nSPS) is 16.5. The molecule has 144 valence electrons. The van der Waals surface area contributed by atoms with Gasteiger partial charge in [0.25, 0.3) is 5.91 Å². The summed E-state index contributed by atoms with van der Waals surface area (Å²) in [5.41, 5.74) is 4.00. The molecule has 0 radical (unpaired) electrons. The maximum Gasteiger partial charge on any atom is 0.264 e. The number of benzene rings is 2. The van der Waals surface area contributed by atoms with Gasteiger partial charge in [-0.25, -0.2) is 4.99 Å². The van der Waals surface area contributed by atoms with E-state index in [2.05, 4.69) is 39.7 Å². The van der Waals surface area contributed by atoms with E-state index in [9.17, 15) is 4.79 Å². The Hall–Kier alpha value is -2.31. The molecule has 3 rings (SSSR count). The SMILES string of the molecule is C=CCc1cc(/C=C2\SC(=Nc3ccc(CC)cc3)NC2=O)cc(Br)c1OC. The summed E-state index contributed by atoms with van der Waals surface area (Å²) in [7, 11) is 1.64. The third-order valence-electron chi connectivity index (χ3n) is 4.24. The van der Waals surface area contributed by atoms with Crippen LogP contribution in [0, 0.1) is 0 Å². The lowest BCUT2D eigenvalue weighted by atomic mass is 10.1. The Bertz CT molecular complexity index is 965. The highest BCUT2D eigenvalue weighted by Gasteiger charge is 2.24. The molecule has 0 aliphatic carbocycles. The number of methoxy groups -OCH3 is 1. The fourth-order valence-corrected chi connectivity index (χ4v) is 4.37. The summed E-state index contributed by atoms with van der Waals surface area (Å²) in [6.07, 6.45) is 5.35. The number of hydrogen-bond donors (Lipinski definition) is 1. The van der Waals surface area contributed by atoms with Crippen LogP contribution in [0.1, 0.15) is 23.6 Å². The molecule has 1 fully saturated rings. The molecule has 1 amide bonds. The Morgan fingerprint density at radius 1 is 1.29 bits per heavy atom. The minimum atomic E-state index is -0.147. The van der Waals surface area contributed by atoms with E-state index in [1.165, 1.54) is 17.3 Å². The van der Waals surface area contributed by atoms with Crippen molar-refractivity contribution in [2.75, 3.05) is 7.11 Å². The Morgan fingerprint density at radius 2 is 2.04 bits per heavy atom. The number of carbonyl (C=O) groups excluding carboxylic acids is 1. The second kappa shape index (κ2) is 9.26. The standard InChI is InChI=1S/C22H21BrN2O2S/c1-4-6-16-11-15(12-18(23)20(16)27-3)13-19-21(26)25-22(28-19)24-17-9-7-14(5-2)8-10-17/h4,7-13H,1,5-6H2,2-3H3,(H,24,25,26)/b19-13-. The predicted molar refractivity (Wildman–Crippen MR) is 121 cm³/mol. The molecule has 2 aromatic rings. The smallest absolute Gasteiger partial charge is 0.264 e. The van der Waals surface area contributed by atoms with Crippen molar-refractivity contribution in [3.05, 3.63) is 75.1 Å². The summed E-state index contributed by atoms with van der Waals surface area (Å²) in [5, 5.41) is 3.41. The summed E-state index contributed by atoms with van der Waals surface area (Å²) in [6.45, 7) is 5.91. The molecule has 1 saturated heterocycles. The number of amidine groups is 1. The van der Waals surface area contributed by atoms with Gasteiger partial charge in [-0.1, -0.05) is 25.1 Å². The van der Waals surface area contributed by atoms with Crippen LogP contribution in [0.2, 0.25) is 0 Å². The quantitative estimate of drug-likeness (QED) is 0.451. The highest BCUT2D eigenvalue weighted by atomic mass is 79.9. The van der Waals surface area contributed by atoms with E-state index >= 15 is 0 Å². The first-order valence-electron chi connectivity index (χ1n) is 8.90. The van der Waals surface area contributed by atoms with Gasteiger partial charge < -0.3 is 10.1 Å². The van der Waals surface area contributed by atoms with E-state index in [4.69, 9.17) is 4.74 Å². The topological polar surface area (TPSA) is 50.7 Å². The number of hydrogen-bond acceptors (Lipinski definition) is 4. The summed E-state index contributed by atoms with van der Waals surface area (Å²) in [6, 6.07) is 12.0. The van der Waals surface area contributed by atoms with Crippen molar-refractivity contribution in [2.45, 2.75) is 19.8 Å². The van der Waals surface area contributed by atoms with E-state index in [-0.39, 0.29) is 5.91 Å². The van der Waals surface area contributed by atoms with Gasteiger partial charge >= 0.3 is 0 Å². The number of carbonyl (C=O) groups is 1. The summed E-state index contributed by atoms with van der Waals surface area (Å²) >= 11 is 4.88. The van der Waals surface area contributed by atoms with Crippen molar-refractivity contribution < 1.29 is 9.53 Å². The number of halogens is 1. The highest BCUT2D eigenvalue weighted by Crippen LogP contribution is 2.34. The maximum atomic E-state index is 12.4. The summed E-state index contributed by atoms with van der Waals surface area (Å²) in [4.78, 5) is 17.5. The zero-order chi connectivity index (χ0) is 20.1. The molecule has 4 nitrogen and oxygen atoms in total. The van der Waals surface area contributed by atoms with Crippen LogP contribution < -0.4 is 10.1 Å². The number of aryl methyl sites for hydroxylation is 1. The van der Waals surface area contributed by atoms with Gasteiger partial charge in [0.1, 0.15) is 5.75 Å². The van der Waals surface area contributed by atoms with Gasteiger partial charge in [-0.3, -0.25) is 4.79 Å². The largest absolute Gasteiger partial charge is 0.495 e. The van der Waals surface area contributed by atoms with Crippen molar-refractivity contribution in [3.63, 3.8) is 0 Å². The first kappa shape index (κ1) is 20.4. The lowest BCUT2D eigenvalue weighted by Gasteiger charge is -2.10. The molecule has 0 atom stereocenters. The van der Waals surface area contributed by atoms with Gasteiger partial charge in [-0.15, -0.1) is 6.58 Å². The zero-order valence-corrected chi connectivity index (χ0v) is 18.2. The van der Waals surface area contributed by atoms with Crippen molar-refractivity contribution in [3.8, 4) is 5.75 Å². The van der Waals surface area contributed by atoms with Gasteiger partial charge in [0.15, 0.2) is 5.17 Å². The van der Waals surface area contributed by atoms with Crippen LogP contribution in [0.4, 0.5) is 5.69 Å². The fourth-order valence-electron chi connectivity index (χ4n) is 2.85. The molecule has 0 bridgehead atoms. The molecule has 0 spiro atoms. The molecule has 1 heterocycles. The van der Waals surface area contributed by atoms with Crippen LogP contribution in [0.15, 0.2) is 63.4 Å². The average Bonchev–Trinajstić information content (AvgIpc) is 3.01. The first-order valence-corrected chi connectivity index (χ1v) is 10.5. The molecule has 1 aliphatic rings. The Kier molecular flexibility index (Phi) is 6.75. The van der Waals surface area contributed by atoms with Gasteiger partial charge in [0, 0.05) is 0 Å². The van der Waals surface area contributed by atoms with Gasteiger partial charge in [-0.2, -0.15) is 0 Å². The summed E-state index contributed by atoms with van der Waals surface area (Å²) < 4.78 is 6.30. The lowest BCUT2D eigenvalue weighted by Crippen LogP contribution is -2.19. The minimum absolute atomic E-state index is 0.147. The summed E-state index contributed by atoms with van der Waals surface area (Å²) in [5.74, 6) is 0.634. The van der Waals surface area contributed by atoms with Crippen LogP contribution in [0.25, 0.3) is 6.08 Å². The van der Waals surface area contributed by atoms with Gasteiger partial charge in [0.2, 0.25) is 0 Å². The number of aliphatic imine (C=N–C) groups is 1. The van der Waals surface area contributed by atoms with Gasteiger partial charge in [0.05, 0.1) is 22.2 Å². The Balaban J connectivity index is 1.85. The van der Waals surface area contributed by atoms with Crippen molar-refractivity contribution in [2.24, 2.45) is 4.99 Å². The van der Waals surface area contributed by atoms with Crippen LogP contribution in [-0.2, 0) is 17.6 Å². The molecular formula is C22H21BrN2O2S. The lowest BCUT2D eigenvalue weighted by molar-refractivity contribution is -0.115. The number of ether oxygens (including phenoxy) is 1. The van der Waals surface area contributed by atoms with E-state index < -0.39 is 0 Å². The Morgan fingerprint density at radius 3 is 2.68 bits per heavy atom. The molecule has 0 aromatic heterocycles. The third-order valence-corrected chi connectivity index (χ3v) is 5.73. The van der Waals surface area contributed by atoms with Crippen LogP contribution >= 0.6 is 27.7 Å². The van der Waals surface area contributed by atoms with E-state index in [0.717, 1.165) is 33.5 Å². The van der Waals surface area contributed by atoms with E-state index in [1.54, 1.807) is 7.11 Å². The minimum Gasteiger partial charge on any atom is -0.495 e.